The molecule has 3 aromatic heterocycles. The highest BCUT2D eigenvalue weighted by atomic mass is 35.5. The number of carbonyl (C=O) groups is 3. The number of fused-ring (bicyclic) bond motifs is 5. The number of nitrogens with zero attached hydrogens (tertiary/aromatic N) is 1. The lowest BCUT2D eigenvalue weighted by molar-refractivity contribution is 0.0602. The van der Waals surface area contributed by atoms with E-state index in [9.17, 15) is 19.5 Å². The molecule has 2 amide bonds. The molecule has 5 N–H and O–H groups in total. The number of ether oxygens (including phenoxy) is 1. The van der Waals surface area contributed by atoms with E-state index in [1.54, 1.807) is 55.5 Å². The van der Waals surface area contributed by atoms with Gasteiger partial charge in [0.25, 0.3) is 11.8 Å². The molecule has 12 heteroatoms. The minimum Gasteiger partial charge on any atom is -0.506 e. The molecule has 7 rings (SSSR count). The number of phenols is 1. The number of nitrogens with two attached hydrogens (primary N) is 1. The topological polar surface area (TPSA) is 164 Å². The Labute approximate surface area is 254 Å². The number of hydrogen-bond donors (Lipinski definition) is 4. The van der Waals surface area contributed by atoms with Gasteiger partial charge in [0, 0.05) is 51.9 Å². The van der Waals surface area contributed by atoms with E-state index >= 15 is 0 Å². The molecule has 0 aliphatic carbocycles. The summed E-state index contributed by atoms with van der Waals surface area (Å²) in [5, 5.41) is 15.5. The number of aromatic nitrogens is 1. The van der Waals surface area contributed by atoms with Gasteiger partial charge in [-0.05, 0) is 48.9 Å². The third kappa shape index (κ3) is 4.15. The summed E-state index contributed by atoms with van der Waals surface area (Å²) in [7, 11) is 1.28. The van der Waals surface area contributed by atoms with Crippen molar-refractivity contribution in [3.8, 4) is 5.75 Å². The van der Waals surface area contributed by atoms with Crippen molar-refractivity contribution in [1.29, 1.82) is 0 Å². The van der Waals surface area contributed by atoms with Crippen LogP contribution in [-0.2, 0) is 4.74 Å². The van der Waals surface area contributed by atoms with Crippen LogP contribution in [0.25, 0.3) is 32.8 Å². The molecule has 4 heterocycles. The van der Waals surface area contributed by atoms with Gasteiger partial charge in [0.15, 0.2) is 17.1 Å². The summed E-state index contributed by atoms with van der Waals surface area (Å²) < 4.78 is 16.6. The fourth-order valence-electron chi connectivity index (χ4n) is 5.97. The average molecular weight is 613 g/mol. The molecule has 222 valence electrons. The fourth-order valence-corrected chi connectivity index (χ4v) is 6.22. The Bertz CT molecular complexity index is 2180. The van der Waals surface area contributed by atoms with Gasteiger partial charge in [-0.15, -0.1) is 11.6 Å². The molecule has 0 bridgehead atoms. The molecule has 0 radical (unpaired) electrons. The summed E-state index contributed by atoms with van der Waals surface area (Å²) in [5.41, 5.74) is 9.99. The minimum atomic E-state index is -0.565. The first-order valence-electron chi connectivity index (χ1n) is 13.7. The lowest BCUT2D eigenvalue weighted by Crippen LogP contribution is -2.29. The number of halogens is 1. The number of carbonyl (C=O) groups excluding carboxylic acids is 3. The summed E-state index contributed by atoms with van der Waals surface area (Å²) >= 11 is 6.36. The maximum absolute atomic E-state index is 13.8. The first-order chi connectivity index (χ1) is 21.2. The molecule has 1 atom stereocenters. The van der Waals surface area contributed by atoms with Crippen LogP contribution >= 0.6 is 11.6 Å². The van der Waals surface area contributed by atoms with Gasteiger partial charge in [0.05, 0.1) is 29.6 Å². The Balaban J connectivity index is 1.21. The number of hydrogen-bond acceptors (Lipinski definition) is 8. The number of aryl methyl sites for hydroxylation is 1. The number of alkyl halides is 1. The second-order valence-corrected chi connectivity index (χ2v) is 11.0. The number of esters is 1. The highest BCUT2D eigenvalue weighted by Gasteiger charge is 2.38. The number of furan rings is 2. The number of para-hydroxylation sites is 1. The average Bonchev–Trinajstić information content (AvgIpc) is 3.79. The quantitative estimate of drug-likeness (QED) is 0.100. The zero-order valence-electron chi connectivity index (χ0n) is 23.5. The summed E-state index contributed by atoms with van der Waals surface area (Å²) in [4.78, 5) is 44.0. The highest BCUT2D eigenvalue weighted by molar-refractivity contribution is 6.20. The molecular formula is C32H25ClN4O7. The van der Waals surface area contributed by atoms with Crippen LogP contribution in [-0.4, -0.2) is 47.4 Å². The number of nitrogens with one attached hydrogen (secondary N) is 2. The minimum absolute atomic E-state index is 0.0513. The molecule has 0 fully saturated rings. The normalized spacial score (nSPS) is 14.4. The van der Waals surface area contributed by atoms with Crippen molar-refractivity contribution in [2.75, 3.05) is 35.5 Å². The Kier molecular flexibility index (Phi) is 6.29. The van der Waals surface area contributed by atoms with Crippen LogP contribution in [0.15, 0.2) is 63.4 Å². The van der Waals surface area contributed by atoms with E-state index in [0.717, 1.165) is 0 Å². The zero-order chi connectivity index (χ0) is 30.9. The van der Waals surface area contributed by atoms with Gasteiger partial charge >= 0.3 is 5.97 Å². The lowest BCUT2D eigenvalue weighted by Gasteiger charge is -2.16. The highest BCUT2D eigenvalue weighted by Crippen LogP contribution is 2.47. The third-order valence-electron chi connectivity index (χ3n) is 7.97. The van der Waals surface area contributed by atoms with Crippen molar-refractivity contribution < 1.29 is 33.1 Å². The number of H-pyrrole nitrogens is 1. The predicted octanol–water partition coefficient (Wildman–Crippen LogP) is 6.28. The number of methoxy groups -OCH3 is 1. The van der Waals surface area contributed by atoms with Crippen molar-refractivity contribution >= 4 is 79.3 Å². The van der Waals surface area contributed by atoms with Gasteiger partial charge in [-0.25, -0.2) is 4.79 Å². The maximum Gasteiger partial charge on any atom is 0.340 e. The molecule has 1 aliphatic heterocycles. The smallest absolute Gasteiger partial charge is 0.340 e. The molecule has 0 saturated heterocycles. The van der Waals surface area contributed by atoms with Crippen LogP contribution in [0.4, 0.5) is 17.1 Å². The van der Waals surface area contributed by atoms with Crippen LogP contribution in [0.5, 0.6) is 5.75 Å². The van der Waals surface area contributed by atoms with E-state index in [0.29, 0.717) is 61.2 Å². The number of phenolic OH excluding ortho intramolecular Hbond substituents is 1. The van der Waals surface area contributed by atoms with Crippen molar-refractivity contribution in [2.24, 2.45) is 0 Å². The molecule has 3 aromatic carbocycles. The summed E-state index contributed by atoms with van der Waals surface area (Å²) in [6, 6.07) is 15.0. The third-order valence-corrected chi connectivity index (χ3v) is 8.34. The molecule has 44 heavy (non-hydrogen) atoms. The summed E-state index contributed by atoms with van der Waals surface area (Å²) in [5.74, 6) is -1.60. The first-order valence-corrected chi connectivity index (χ1v) is 14.2. The van der Waals surface area contributed by atoms with E-state index in [1.807, 2.05) is 0 Å². The molecule has 0 saturated carbocycles. The lowest BCUT2D eigenvalue weighted by atomic mass is 9.95. The van der Waals surface area contributed by atoms with Gasteiger partial charge in [0.2, 0.25) is 0 Å². The van der Waals surface area contributed by atoms with Crippen LogP contribution in [0.1, 0.15) is 48.6 Å². The van der Waals surface area contributed by atoms with Crippen LogP contribution in [0, 0.1) is 6.92 Å². The van der Waals surface area contributed by atoms with Crippen molar-refractivity contribution in [1.82, 2.24) is 4.98 Å². The van der Waals surface area contributed by atoms with E-state index in [-0.39, 0.29) is 41.2 Å². The first kappa shape index (κ1) is 27.4. The summed E-state index contributed by atoms with van der Waals surface area (Å²) in [6.07, 6.45) is 0. The van der Waals surface area contributed by atoms with Gasteiger partial charge in [-0.2, -0.15) is 0 Å². The molecule has 6 aromatic rings. The van der Waals surface area contributed by atoms with Gasteiger partial charge in [-0.1, -0.05) is 12.1 Å². The van der Waals surface area contributed by atoms with Crippen LogP contribution in [0.2, 0.25) is 0 Å². The fraction of sp³-hybridized carbons (Fsp3) is 0.156. The number of rotatable bonds is 5. The van der Waals surface area contributed by atoms with Gasteiger partial charge in [-0.3, -0.25) is 9.59 Å². The molecule has 0 spiro atoms. The van der Waals surface area contributed by atoms with Gasteiger partial charge in [0.1, 0.15) is 11.3 Å². The van der Waals surface area contributed by atoms with Gasteiger partial charge < -0.3 is 39.6 Å². The predicted molar refractivity (Wildman–Crippen MR) is 166 cm³/mol. The van der Waals surface area contributed by atoms with Crippen LogP contribution in [0.3, 0.4) is 0 Å². The second-order valence-electron chi connectivity index (χ2n) is 10.7. The molecule has 1 unspecified atom stereocenters. The maximum atomic E-state index is 13.8. The largest absolute Gasteiger partial charge is 0.506 e. The van der Waals surface area contributed by atoms with Crippen molar-refractivity contribution in [2.45, 2.75) is 12.8 Å². The SMILES string of the molecule is COC(=O)c1c(C)[nH]c2c(O)cc3c(c12)C(CCl)CN3C(=O)c1cc2cc(NC(=O)c3cc4cccc(N)c4o3)ccc2o1. The van der Waals surface area contributed by atoms with E-state index in [2.05, 4.69) is 10.3 Å². The van der Waals surface area contributed by atoms with Crippen molar-refractivity contribution in [3.63, 3.8) is 0 Å². The molecule has 1 aliphatic rings. The zero-order valence-corrected chi connectivity index (χ0v) is 24.2. The molecular weight excluding hydrogens is 588 g/mol. The standard InChI is InChI=1S/C32H25ClN4O7/c1-14-25(32(41)42-2)27-26-17(12-33)13-37(20(26)11-21(38)28(27)35-14)31(40)24-10-16-8-18(6-7-22(16)43-24)36-30(39)23-9-15-4-3-5-19(34)29(15)44-23/h3-11,17,35,38H,12-13,34H2,1-2H3,(H,36,39). The Morgan fingerprint density at radius 1 is 1.11 bits per heavy atom. The Hall–Kier alpha value is -5.42. The number of nitrogen functional groups attached to an aromatic ring is 1. The van der Waals surface area contributed by atoms with E-state index < -0.39 is 17.8 Å². The van der Waals surface area contributed by atoms with E-state index in [1.165, 1.54) is 18.1 Å². The Morgan fingerprint density at radius 2 is 1.91 bits per heavy atom. The second kappa shape index (κ2) is 10.1. The number of aromatic hydroxyl groups is 1. The number of anilines is 3. The number of amides is 2. The number of benzene rings is 3. The van der Waals surface area contributed by atoms with E-state index in [4.69, 9.17) is 30.9 Å². The summed E-state index contributed by atoms with van der Waals surface area (Å²) in [6.45, 7) is 1.92. The van der Waals surface area contributed by atoms with Crippen LogP contribution < -0.4 is 16.0 Å². The van der Waals surface area contributed by atoms with Crippen molar-refractivity contribution in [3.05, 3.63) is 82.9 Å². The number of aromatic amines is 1. The monoisotopic (exact) mass is 612 g/mol. The molecule has 11 nitrogen and oxygen atoms in total. The Morgan fingerprint density at radius 3 is 2.66 bits per heavy atom.